The van der Waals surface area contributed by atoms with Crippen LogP contribution in [0.25, 0.3) is 44.6 Å². The predicted octanol–water partition coefficient (Wildman–Crippen LogP) is 10.4. The maximum atomic E-state index is 5.77. The van der Waals surface area contributed by atoms with Gasteiger partial charge in [-0.1, -0.05) is 94.7 Å². The van der Waals surface area contributed by atoms with Gasteiger partial charge in [-0.15, -0.1) is 47.5 Å². The first-order valence-electron chi connectivity index (χ1n) is 16.3. The summed E-state index contributed by atoms with van der Waals surface area (Å²) in [4.78, 5) is 13.6. The van der Waals surface area contributed by atoms with Gasteiger partial charge < -0.3 is 19.4 Å². The van der Waals surface area contributed by atoms with Crippen LogP contribution in [0, 0.1) is 18.2 Å². The fraction of sp³-hybridized carbons (Fsp3) is 0.325. The molecule has 4 nitrogen and oxygen atoms in total. The molecule has 0 amide bonds. The summed E-state index contributed by atoms with van der Waals surface area (Å²) < 4.78 is 5.77. The normalized spacial score (nSPS) is 14.2. The molecule has 6 heteroatoms. The Morgan fingerprint density at radius 2 is 1.57 bits per heavy atom. The van der Waals surface area contributed by atoms with Crippen LogP contribution in [0.5, 0.6) is 0 Å². The molecule has 4 aromatic heterocycles. The van der Waals surface area contributed by atoms with Crippen LogP contribution < -0.4 is 5.19 Å². The van der Waals surface area contributed by atoms with Crippen LogP contribution in [-0.4, -0.2) is 23.0 Å². The monoisotopic (exact) mass is 802 g/mol. The number of para-hydroxylation sites is 1. The molecule has 0 bridgehead atoms. The molecule has 1 saturated carbocycles. The maximum absolute atomic E-state index is 5.77. The standard InChI is InChI=1S/C21H19N2O.C19H24NSi.Ir/c1-13(2)14(3)15-8-9-22-19(11-15)16-10-18-17-6-4-5-7-20(17)24-21(18)23-12-16;1-21(2,3)19-14-20-18(16-11-5-4-6-12-16)13-17(19)15-9-7-8-10-15;/h4-11,13-14H,1-3H3;4-6,11,13-15H,7-10H2,1-3H3;/q2*-1;. The minimum absolute atomic E-state index is 0. The second-order valence-corrected chi connectivity index (χ2v) is 18.8. The van der Waals surface area contributed by atoms with Crippen LogP contribution in [-0.2, 0) is 20.1 Å². The van der Waals surface area contributed by atoms with Gasteiger partial charge in [0.15, 0.2) is 0 Å². The van der Waals surface area contributed by atoms with E-state index in [0.29, 0.717) is 17.5 Å². The zero-order valence-corrected chi connectivity index (χ0v) is 31.1. The quantitative estimate of drug-likeness (QED) is 0.124. The van der Waals surface area contributed by atoms with E-state index in [1.54, 1.807) is 10.8 Å². The molecule has 0 saturated heterocycles. The zero-order chi connectivity index (χ0) is 31.6. The Hall–Kier alpha value is -3.44. The van der Waals surface area contributed by atoms with E-state index in [9.17, 15) is 0 Å². The van der Waals surface area contributed by atoms with E-state index >= 15 is 0 Å². The number of hydrogen-bond donors (Lipinski definition) is 0. The Labute approximate surface area is 288 Å². The number of fused-ring (bicyclic) bond motifs is 3. The average Bonchev–Trinajstić information content (AvgIpc) is 3.73. The first-order chi connectivity index (χ1) is 21.7. The number of pyridine rings is 3. The molecule has 0 N–H and O–H groups in total. The fourth-order valence-corrected chi connectivity index (χ4v) is 7.92. The van der Waals surface area contributed by atoms with Crippen LogP contribution in [0.15, 0.2) is 89.6 Å². The summed E-state index contributed by atoms with van der Waals surface area (Å²) in [5.41, 5.74) is 8.33. The SMILES string of the molecule is CC(C)C(C)c1ccnc(-c2[c-]nc3oc4ccccc4c3c2)c1.C[Si](C)(C)c1cnc(-c2[c-]cccc2)cc1C1CCCC1.[Ir]. The number of benzene rings is 2. The molecule has 1 fully saturated rings. The predicted molar refractivity (Wildman–Crippen MR) is 190 cm³/mol. The first-order valence-corrected chi connectivity index (χ1v) is 19.8. The second kappa shape index (κ2) is 14.5. The molecule has 2 aromatic carbocycles. The zero-order valence-electron chi connectivity index (χ0n) is 27.7. The van der Waals surface area contributed by atoms with Gasteiger partial charge in [0.2, 0.25) is 0 Å². The van der Waals surface area contributed by atoms with E-state index in [4.69, 9.17) is 9.40 Å². The van der Waals surface area contributed by atoms with E-state index in [1.165, 1.54) is 31.2 Å². The molecule has 7 rings (SSSR count). The minimum atomic E-state index is -1.34. The molecule has 46 heavy (non-hydrogen) atoms. The summed E-state index contributed by atoms with van der Waals surface area (Å²) in [6.45, 7) is 14.0. The van der Waals surface area contributed by atoms with Crippen molar-refractivity contribution in [3.8, 4) is 22.5 Å². The van der Waals surface area contributed by atoms with Gasteiger partial charge in [-0.2, -0.15) is 0 Å². The summed E-state index contributed by atoms with van der Waals surface area (Å²) >= 11 is 0. The Morgan fingerprint density at radius 1 is 0.826 bits per heavy atom. The Balaban J connectivity index is 0.000000179. The van der Waals surface area contributed by atoms with Crippen molar-refractivity contribution in [2.24, 2.45) is 5.92 Å². The fourth-order valence-electron chi connectivity index (χ4n) is 6.33. The van der Waals surface area contributed by atoms with Crippen LogP contribution in [0.2, 0.25) is 19.6 Å². The van der Waals surface area contributed by atoms with Crippen molar-refractivity contribution < 1.29 is 24.5 Å². The number of rotatable bonds is 6. The van der Waals surface area contributed by atoms with E-state index in [1.807, 2.05) is 36.5 Å². The summed E-state index contributed by atoms with van der Waals surface area (Å²) in [6, 6.07) is 28.1. The van der Waals surface area contributed by atoms with Gasteiger partial charge in [0, 0.05) is 37.9 Å². The van der Waals surface area contributed by atoms with Gasteiger partial charge in [0.1, 0.15) is 11.3 Å². The average molecular weight is 802 g/mol. The summed E-state index contributed by atoms with van der Waals surface area (Å²) in [7, 11) is -1.34. The van der Waals surface area contributed by atoms with Crippen LogP contribution in [0.1, 0.15) is 69.4 Å². The third kappa shape index (κ3) is 7.41. The minimum Gasteiger partial charge on any atom is -0.483 e. The van der Waals surface area contributed by atoms with Crippen molar-refractivity contribution in [1.82, 2.24) is 15.0 Å². The number of hydrogen-bond acceptors (Lipinski definition) is 4. The van der Waals surface area contributed by atoms with Gasteiger partial charge in [-0.3, -0.25) is 0 Å². The smallest absolute Gasteiger partial charge is 0.141 e. The largest absolute Gasteiger partial charge is 0.483 e. The molecule has 1 radical (unpaired) electrons. The Kier molecular flexibility index (Phi) is 10.7. The van der Waals surface area contributed by atoms with Gasteiger partial charge in [0.25, 0.3) is 0 Å². The topological polar surface area (TPSA) is 51.8 Å². The van der Waals surface area contributed by atoms with Gasteiger partial charge in [-0.25, -0.2) is 0 Å². The summed E-state index contributed by atoms with van der Waals surface area (Å²) in [5, 5.41) is 3.62. The molecule has 0 aliphatic heterocycles. The number of aromatic nitrogens is 3. The maximum Gasteiger partial charge on any atom is 0.141 e. The Morgan fingerprint density at radius 3 is 2.28 bits per heavy atom. The van der Waals surface area contributed by atoms with E-state index < -0.39 is 8.07 Å². The van der Waals surface area contributed by atoms with Crippen molar-refractivity contribution in [2.45, 2.75) is 77.9 Å². The third-order valence-corrected chi connectivity index (χ3v) is 11.3. The first kappa shape index (κ1) is 33.9. The molecule has 1 unspecified atom stereocenters. The van der Waals surface area contributed by atoms with Crippen molar-refractivity contribution in [2.75, 3.05) is 0 Å². The van der Waals surface area contributed by atoms with Gasteiger partial charge >= 0.3 is 0 Å². The summed E-state index contributed by atoms with van der Waals surface area (Å²) in [5.74, 6) is 1.82. The van der Waals surface area contributed by atoms with Crippen LogP contribution >= 0.6 is 0 Å². The van der Waals surface area contributed by atoms with Gasteiger partial charge in [0.05, 0.1) is 8.07 Å². The number of furan rings is 1. The molecular weight excluding hydrogens is 759 g/mol. The van der Waals surface area contributed by atoms with Gasteiger partial charge in [-0.05, 0) is 70.9 Å². The molecule has 239 valence electrons. The second-order valence-electron chi connectivity index (χ2n) is 13.8. The van der Waals surface area contributed by atoms with E-state index in [2.05, 4.69) is 111 Å². The molecule has 1 atom stereocenters. The van der Waals surface area contributed by atoms with Crippen molar-refractivity contribution in [1.29, 1.82) is 0 Å². The van der Waals surface area contributed by atoms with Crippen LogP contribution in [0.4, 0.5) is 0 Å². The molecular formula is C40H43IrN3OSi-2. The van der Waals surface area contributed by atoms with Crippen LogP contribution in [0.3, 0.4) is 0 Å². The van der Waals surface area contributed by atoms with E-state index in [0.717, 1.165) is 44.8 Å². The molecule has 0 spiro atoms. The molecule has 4 heterocycles. The third-order valence-electron chi connectivity index (χ3n) is 9.29. The Bertz CT molecular complexity index is 1910. The molecule has 6 aromatic rings. The van der Waals surface area contributed by atoms with E-state index in [-0.39, 0.29) is 20.1 Å². The summed E-state index contributed by atoms with van der Waals surface area (Å²) in [6.07, 6.45) is 12.6. The van der Waals surface area contributed by atoms with Crippen molar-refractivity contribution in [3.05, 3.63) is 109 Å². The molecule has 1 aliphatic carbocycles. The molecule has 1 aliphatic rings. The van der Waals surface area contributed by atoms with Crippen molar-refractivity contribution in [3.63, 3.8) is 0 Å². The number of nitrogens with zero attached hydrogens (tertiary/aromatic N) is 3. The van der Waals surface area contributed by atoms with Crippen molar-refractivity contribution >= 4 is 35.3 Å².